The van der Waals surface area contributed by atoms with Crippen molar-refractivity contribution >= 4 is 28.9 Å². The summed E-state index contributed by atoms with van der Waals surface area (Å²) in [4.78, 5) is 16.4. The lowest BCUT2D eigenvalue weighted by molar-refractivity contribution is -0.114. The fraction of sp³-hybridized carbons (Fsp3) is 0.222. The highest BCUT2D eigenvalue weighted by Gasteiger charge is 2.05. The van der Waals surface area contributed by atoms with Gasteiger partial charge in [-0.1, -0.05) is 28.9 Å². The van der Waals surface area contributed by atoms with E-state index in [0.717, 1.165) is 22.5 Å². The van der Waals surface area contributed by atoms with Crippen LogP contribution in [0.3, 0.4) is 0 Å². The molecule has 2 aromatic rings. The van der Waals surface area contributed by atoms with E-state index in [0.29, 0.717) is 10.8 Å². The molecule has 0 aliphatic rings. The Morgan fingerprint density at radius 1 is 1.17 bits per heavy atom. The Kier molecular flexibility index (Phi) is 6.21. The molecule has 2 rings (SSSR count). The monoisotopic (exact) mass is 346 g/mol. The van der Waals surface area contributed by atoms with E-state index >= 15 is 0 Å². The smallest absolute Gasteiger partial charge is 0.221 e. The Labute approximate surface area is 146 Å². The Balaban J connectivity index is 2.01. The van der Waals surface area contributed by atoms with Gasteiger partial charge in [-0.25, -0.2) is 0 Å². The molecule has 0 aliphatic heterocycles. The van der Waals surface area contributed by atoms with E-state index in [1.807, 2.05) is 31.2 Å². The summed E-state index contributed by atoms with van der Waals surface area (Å²) in [6.45, 7) is 3.58. The first-order valence-corrected chi connectivity index (χ1v) is 7.74. The van der Waals surface area contributed by atoms with Crippen LogP contribution in [0.15, 0.2) is 47.6 Å². The lowest BCUT2D eigenvalue weighted by Crippen LogP contribution is -2.06. The second-order valence-corrected chi connectivity index (χ2v) is 5.60. The molecule has 126 valence electrons. The number of nitrogens with one attached hydrogen (secondary N) is 1. The number of hydrogen-bond acceptors (Lipinski definition) is 4. The summed E-state index contributed by atoms with van der Waals surface area (Å²) in [6.07, 6.45) is 0. The van der Waals surface area contributed by atoms with Crippen molar-refractivity contribution in [2.45, 2.75) is 20.5 Å². The SMILES string of the molecule is COc1ccc(Cl)cc1CON=C(C)c1ccc(NC(C)=O)cc1. The summed E-state index contributed by atoms with van der Waals surface area (Å²) in [6, 6.07) is 12.7. The number of carbonyl (C=O) groups excluding carboxylic acids is 1. The lowest BCUT2D eigenvalue weighted by atomic mass is 10.1. The molecule has 24 heavy (non-hydrogen) atoms. The average Bonchev–Trinajstić information content (AvgIpc) is 2.55. The van der Waals surface area contributed by atoms with Crippen LogP contribution in [0.2, 0.25) is 5.02 Å². The van der Waals surface area contributed by atoms with Crippen LogP contribution in [-0.2, 0) is 16.2 Å². The van der Waals surface area contributed by atoms with Crippen LogP contribution in [0.5, 0.6) is 5.75 Å². The Morgan fingerprint density at radius 3 is 2.50 bits per heavy atom. The third-order valence-electron chi connectivity index (χ3n) is 3.29. The number of ether oxygens (including phenoxy) is 1. The van der Waals surface area contributed by atoms with E-state index < -0.39 is 0 Å². The minimum atomic E-state index is -0.105. The van der Waals surface area contributed by atoms with Gasteiger partial charge >= 0.3 is 0 Å². The van der Waals surface area contributed by atoms with Gasteiger partial charge in [-0.05, 0) is 42.8 Å². The van der Waals surface area contributed by atoms with Crippen molar-refractivity contribution in [3.05, 3.63) is 58.6 Å². The van der Waals surface area contributed by atoms with E-state index in [-0.39, 0.29) is 12.5 Å². The number of rotatable bonds is 6. The van der Waals surface area contributed by atoms with Gasteiger partial charge in [0.1, 0.15) is 12.4 Å². The number of hydrogen-bond donors (Lipinski definition) is 1. The van der Waals surface area contributed by atoms with Gasteiger partial charge in [0.05, 0.1) is 12.8 Å². The number of carbonyl (C=O) groups is 1. The highest BCUT2D eigenvalue weighted by Crippen LogP contribution is 2.23. The van der Waals surface area contributed by atoms with Gasteiger partial charge < -0.3 is 14.9 Å². The van der Waals surface area contributed by atoms with E-state index in [1.54, 1.807) is 25.3 Å². The highest BCUT2D eigenvalue weighted by molar-refractivity contribution is 6.30. The first-order chi connectivity index (χ1) is 11.5. The molecule has 5 nitrogen and oxygen atoms in total. The van der Waals surface area contributed by atoms with Gasteiger partial charge in [0.25, 0.3) is 0 Å². The summed E-state index contributed by atoms with van der Waals surface area (Å²) in [7, 11) is 1.60. The van der Waals surface area contributed by atoms with Crippen molar-refractivity contribution in [2.24, 2.45) is 5.16 Å². The summed E-state index contributed by atoms with van der Waals surface area (Å²) >= 11 is 5.99. The molecule has 0 heterocycles. The number of nitrogens with zero attached hydrogens (tertiary/aromatic N) is 1. The number of methoxy groups -OCH3 is 1. The zero-order valence-electron chi connectivity index (χ0n) is 13.8. The summed E-state index contributed by atoms with van der Waals surface area (Å²) < 4.78 is 5.27. The van der Waals surface area contributed by atoms with E-state index in [1.165, 1.54) is 6.92 Å². The fourth-order valence-corrected chi connectivity index (χ4v) is 2.30. The minimum Gasteiger partial charge on any atom is -0.496 e. The molecule has 0 saturated carbocycles. The Bertz CT molecular complexity index is 742. The van der Waals surface area contributed by atoms with Crippen molar-refractivity contribution in [1.82, 2.24) is 0 Å². The molecular formula is C18H19ClN2O3. The van der Waals surface area contributed by atoms with Gasteiger partial charge in [-0.3, -0.25) is 4.79 Å². The van der Waals surface area contributed by atoms with Gasteiger partial charge in [-0.15, -0.1) is 0 Å². The molecule has 2 aromatic carbocycles. The number of halogens is 1. The van der Waals surface area contributed by atoms with Crippen LogP contribution in [0.4, 0.5) is 5.69 Å². The maximum atomic E-state index is 11.0. The minimum absolute atomic E-state index is 0.105. The van der Waals surface area contributed by atoms with Gasteiger partial charge in [0.2, 0.25) is 5.91 Å². The fourth-order valence-electron chi connectivity index (χ4n) is 2.11. The molecule has 0 aromatic heterocycles. The maximum absolute atomic E-state index is 11.0. The molecule has 1 amide bonds. The molecule has 0 aliphatic carbocycles. The average molecular weight is 347 g/mol. The molecule has 0 saturated heterocycles. The summed E-state index contributed by atoms with van der Waals surface area (Å²) in [5.74, 6) is 0.596. The predicted octanol–water partition coefficient (Wildman–Crippen LogP) is 4.25. The predicted molar refractivity (Wildman–Crippen MR) is 95.7 cm³/mol. The zero-order chi connectivity index (χ0) is 17.5. The highest BCUT2D eigenvalue weighted by atomic mass is 35.5. The normalized spacial score (nSPS) is 11.1. The van der Waals surface area contributed by atoms with E-state index in [9.17, 15) is 4.79 Å². The number of anilines is 1. The van der Waals surface area contributed by atoms with Crippen LogP contribution in [0, 0.1) is 0 Å². The summed E-state index contributed by atoms with van der Waals surface area (Å²) in [5.41, 5.74) is 3.19. The van der Waals surface area contributed by atoms with Crippen molar-refractivity contribution in [1.29, 1.82) is 0 Å². The van der Waals surface area contributed by atoms with Crippen LogP contribution in [-0.4, -0.2) is 18.7 Å². The zero-order valence-corrected chi connectivity index (χ0v) is 14.6. The van der Waals surface area contributed by atoms with Gasteiger partial charge in [-0.2, -0.15) is 0 Å². The van der Waals surface area contributed by atoms with Crippen molar-refractivity contribution < 1.29 is 14.4 Å². The second kappa shape index (κ2) is 8.36. The van der Waals surface area contributed by atoms with Gasteiger partial charge in [0.15, 0.2) is 0 Å². The maximum Gasteiger partial charge on any atom is 0.221 e. The molecule has 0 spiro atoms. The van der Waals surface area contributed by atoms with Crippen molar-refractivity contribution in [2.75, 3.05) is 12.4 Å². The number of benzene rings is 2. The third kappa shape index (κ3) is 4.99. The molecule has 1 N–H and O–H groups in total. The standard InChI is InChI=1S/C18H19ClN2O3/c1-12(14-4-7-17(8-5-14)20-13(2)22)21-24-11-15-10-16(19)6-9-18(15)23-3/h4-10H,11H2,1-3H3,(H,20,22). The molecule has 0 atom stereocenters. The van der Waals surface area contributed by atoms with Crippen LogP contribution in [0.25, 0.3) is 0 Å². The lowest BCUT2D eigenvalue weighted by Gasteiger charge is -2.08. The Morgan fingerprint density at radius 2 is 1.88 bits per heavy atom. The topological polar surface area (TPSA) is 59.9 Å². The molecular weight excluding hydrogens is 328 g/mol. The first kappa shape index (κ1) is 17.8. The first-order valence-electron chi connectivity index (χ1n) is 7.36. The number of oxime groups is 1. The number of amides is 1. The van der Waals surface area contributed by atoms with Crippen LogP contribution < -0.4 is 10.1 Å². The quantitative estimate of drug-likeness (QED) is 0.628. The molecule has 0 radical (unpaired) electrons. The third-order valence-corrected chi connectivity index (χ3v) is 3.52. The summed E-state index contributed by atoms with van der Waals surface area (Å²) in [5, 5.41) is 7.45. The van der Waals surface area contributed by atoms with E-state index in [4.69, 9.17) is 21.2 Å². The largest absolute Gasteiger partial charge is 0.496 e. The molecule has 0 bridgehead atoms. The van der Waals surface area contributed by atoms with Crippen molar-refractivity contribution in [3.63, 3.8) is 0 Å². The van der Waals surface area contributed by atoms with E-state index in [2.05, 4.69) is 10.5 Å². The molecule has 6 heteroatoms. The van der Waals surface area contributed by atoms with Crippen LogP contribution >= 0.6 is 11.6 Å². The second-order valence-electron chi connectivity index (χ2n) is 5.16. The van der Waals surface area contributed by atoms with Crippen LogP contribution in [0.1, 0.15) is 25.0 Å². The Hall–Kier alpha value is -2.53. The van der Waals surface area contributed by atoms with Gasteiger partial charge in [0, 0.05) is 23.2 Å². The van der Waals surface area contributed by atoms with Crippen molar-refractivity contribution in [3.8, 4) is 5.75 Å². The molecule has 0 unspecified atom stereocenters. The molecule has 0 fully saturated rings.